The summed E-state index contributed by atoms with van der Waals surface area (Å²) >= 11 is 1.81. The Hall–Kier alpha value is -1.17. The molecular weight excluding hydrogens is 286 g/mol. The molecule has 0 aromatic heterocycles. The second-order valence-electron chi connectivity index (χ2n) is 6.73. The Morgan fingerprint density at radius 1 is 1.33 bits per heavy atom. The highest BCUT2D eigenvalue weighted by atomic mass is 32.2. The van der Waals surface area contributed by atoms with Crippen LogP contribution < -0.4 is 0 Å². The lowest BCUT2D eigenvalue weighted by molar-refractivity contribution is 0.0196. The zero-order valence-corrected chi connectivity index (χ0v) is 13.8. The van der Waals surface area contributed by atoms with Crippen LogP contribution in [0.25, 0.3) is 0 Å². The maximum absolute atomic E-state index is 12.1. The van der Waals surface area contributed by atoms with Gasteiger partial charge in [0.25, 0.3) is 0 Å². The summed E-state index contributed by atoms with van der Waals surface area (Å²) in [7, 11) is 0. The average Bonchev–Trinajstić information content (AvgIpc) is 2.97. The van der Waals surface area contributed by atoms with E-state index in [4.69, 9.17) is 4.74 Å². The number of hydrogen-bond donors (Lipinski definition) is 0. The third-order valence-electron chi connectivity index (χ3n) is 3.87. The number of amidine groups is 1. The lowest BCUT2D eigenvalue weighted by Crippen LogP contribution is -2.41. The topological polar surface area (TPSA) is 45.1 Å². The van der Waals surface area contributed by atoms with Crippen LogP contribution in [0.5, 0.6) is 0 Å². The van der Waals surface area contributed by atoms with Crippen LogP contribution >= 0.6 is 11.8 Å². The smallest absolute Gasteiger partial charge is 0.410 e. The van der Waals surface area contributed by atoms with Gasteiger partial charge in [-0.05, 0) is 39.5 Å². The Balaban J connectivity index is 1.52. The van der Waals surface area contributed by atoms with Crippen molar-refractivity contribution in [2.75, 3.05) is 26.2 Å². The van der Waals surface area contributed by atoms with Crippen molar-refractivity contribution in [3.63, 3.8) is 0 Å². The summed E-state index contributed by atoms with van der Waals surface area (Å²) < 4.78 is 5.44. The molecule has 0 saturated carbocycles. The van der Waals surface area contributed by atoms with E-state index >= 15 is 0 Å². The summed E-state index contributed by atoms with van der Waals surface area (Å²) in [6.45, 7) is 9.22. The molecule has 21 heavy (non-hydrogen) atoms. The summed E-state index contributed by atoms with van der Waals surface area (Å²) in [5.74, 6) is 0.557. The van der Waals surface area contributed by atoms with Crippen molar-refractivity contribution in [1.29, 1.82) is 0 Å². The van der Waals surface area contributed by atoms with Crippen molar-refractivity contribution in [1.82, 2.24) is 9.80 Å². The van der Waals surface area contributed by atoms with Crippen LogP contribution in [-0.4, -0.2) is 52.8 Å². The highest BCUT2D eigenvalue weighted by molar-refractivity contribution is 8.17. The second kappa shape index (κ2) is 5.55. The van der Waals surface area contributed by atoms with Gasteiger partial charge in [0.05, 0.1) is 6.54 Å². The fourth-order valence-corrected chi connectivity index (χ4v) is 4.01. The molecular formula is C15H23N3O2S. The summed E-state index contributed by atoms with van der Waals surface area (Å²) in [4.78, 5) is 22.1. The number of nitrogens with zero attached hydrogens (tertiary/aromatic N) is 3. The standard InChI is InChI=1S/C15H23N3O2S/c1-15(2,3)20-14(19)17-7-4-11(5-8-17)12-10-18-9-6-16-13(18)21-12/h10-11H,4-9H2,1-3H3. The van der Waals surface area contributed by atoms with E-state index in [1.807, 2.05) is 37.4 Å². The number of thioether (sulfide) groups is 1. The lowest BCUT2D eigenvalue weighted by Gasteiger charge is -2.33. The molecule has 0 aromatic rings. The van der Waals surface area contributed by atoms with E-state index in [1.165, 1.54) is 4.91 Å². The number of hydrogen-bond acceptors (Lipinski definition) is 5. The van der Waals surface area contributed by atoms with Crippen molar-refractivity contribution in [2.45, 2.75) is 39.2 Å². The minimum absolute atomic E-state index is 0.181. The number of piperidine rings is 1. The summed E-state index contributed by atoms with van der Waals surface area (Å²) in [5.41, 5.74) is -0.416. The maximum atomic E-state index is 12.1. The van der Waals surface area contributed by atoms with Gasteiger partial charge in [0.2, 0.25) is 0 Å². The minimum atomic E-state index is -0.416. The highest BCUT2D eigenvalue weighted by Gasteiger charge is 2.33. The van der Waals surface area contributed by atoms with E-state index < -0.39 is 5.60 Å². The number of allylic oxidation sites excluding steroid dienone is 1. The van der Waals surface area contributed by atoms with Gasteiger partial charge in [-0.15, -0.1) is 0 Å². The molecule has 3 heterocycles. The fraction of sp³-hybridized carbons (Fsp3) is 0.733. The highest BCUT2D eigenvalue weighted by Crippen LogP contribution is 2.39. The van der Waals surface area contributed by atoms with Crippen molar-refractivity contribution in [3.8, 4) is 0 Å². The van der Waals surface area contributed by atoms with Crippen LogP contribution in [0.1, 0.15) is 33.6 Å². The molecule has 3 aliphatic heterocycles. The third-order valence-corrected chi connectivity index (χ3v) is 5.10. The maximum Gasteiger partial charge on any atom is 0.410 e. The molecule has 116 valence electrons. The number of amides is 1. The molecule has 6 heteroatoms. The molecule has 0 N–H and O–H groups in total. The van der Waals surface area contributed by atoms with Gasteiger partial charge in [0.1, 0.15) is 5.60 Å². The molecule has 1 amide bonds. The van der Waals surface area contributed by atoms with Gasteiger partial charge in [0, 0.05) is 30.7 Å². The Labute approximate surface area is 130 Å². The monoisotopic (exact) mass is 309 g/mol. The largest absolute Gasteiger partial charge is 0.444 e. The molecule has 0 aromatic carbocycles. The molecule has 0 atom stereocenters. The molecule has 0 spiro atoms. The predicted octanol–water partition coefficient (Wildman–Crippen LogP) is 2.89. The SMILES string of the molecule is CC(C)(C)OC(=O)N1CCC(C2=CN3CCN=C3S2)CC1. The third kappa shape index (κ3) is 3.36. The summed E-state index contributed by atoms with van der Waals surface area (Å²) in [6, 6.07) is 0. The van der Waals surface area contributed by atoms with Crippen molar-refractivity contribution >= 4 is 23.0 Å². The van der Waals surface area contributed by atoms with Gasteiger partial charge in [-0.25, -0.2) is 4.79 Å². The van der Waals surface area contributed by atoms with Gasteiger partial charge in [0.15, 0.2) is 5.17 Å². The predicted molar refractivity (Wildman–Crippen MR) is 85.2 cm³/mol. The van der Waals surface area contributed by atoms with E-state index in [0.717, 1.165) is 44.2 Å². The molecule has 0 bridgehead atoms. The van der Waals surface area contributed by atoms with Gasteiger partial charge in [-0.2, -0.15) is 0 Å². The first-order valence-electron chi connectivity index (χ1n) is 7.61. The number of likely N-dealkylation sites (tertiary alicyclic amines) is 1. The normalized spacial score (nSPS) is 23.0. The summed E-state index contributed by atoms with van der Waals surface area (Å²) in [6.07, 6.45) is 4.10. The molecule has 1 saturated heterocycles. The lowest BCUT2D eigenvalue weighted by atomic mass is 9.97. The quantitative estimate of drug-likeness (QED) is 0.747. The summed E-state index contributed by atoms with van der Waals surface area (Å²) in [5, 5.41) is 1.15. The van der Waals surface area contributed by atoms with Gasteiger partial charge < -0.3 is 14.5 Å². The molecule has 5 nitrogen and oxygen atoms in total. The van der Waals surface area contributed by atoms with E-state index in [-0.39, 0.29) is 6.09 Å². The van der Waals surface area contributed by atoms with Crippen molar-refractivity contribution < 1.29 is 9.53 Å². The van der Waals surface area contributed by atoms with Crippen LogP contribution in [0.2, 0.25) is 0 Å². The van der Waals surface area contributed by atoms with Crippen LogP contribution in [0.3, 0.4) is 0 Å². The van der Waals surface area contributed by atoms with E-state index in [0.29, 0.717) is 5.92 Å². The first-order valence-corrected chi connectivity index (χ1v) is 8.42. The molecule has 0 aliphatic carbocycles. The number of ether oxygens (including phenoxy) is 1. The zero-order valence-electron chi connectivity index (χ0n) is 13.0. The van der Waals surface area contributed by atoms with Crippen LogP contribution in [0.4, 0.5) is 4.79 Å². The van der Waals surface area contributed by atoms with Crippen molar-refractivity contribution in [2.24, 2.45) is 10.9 Å². The molecule has 3 aliphatic rings. The number of carbonyl (C=O) groups is 1. The van der Waals surface area contributed by atoms with E-state index in [9.17, 15) is 4.79 Å². The van der Waals surface area contributed by atoms with Crippen LogP contribution in [0.15, 0.2) is 16.1 Å². The Bertz CT molecular complexity index is 488. The molecule has 3 rings (SSSR count). The van der Waals surface area contributed by atoms with Crippen molar-refractivity contribution in [3.05, 3.63) is 11.1 Å². The van der Waals surface area contributed by atoms with E-state index in [2.05, 4.69) is 16.1 Å². The molecule has 0 radical (unpaired) electrons. The Morgan fingerprint density at radius 2 is 2.05 bits per heavy atom. The van der Waals surface area contributed by atoms with E-state index in [1.54, 1.807) is 0 Å². The Morgan fingerprint density at radius 3 is 2.67 bits per heavy atom. The molecule has 0 unspecified atom stereocenters. The Kier molecular flexibility index (Phi) is 3.90. The number of aliphatic imine (C=N–C) groups is 1. The minimum Gasteiger partial charge on any atom is -0.444 e. The average molecular weight is 309 g/mol. The number of rotatable bonds is 1. The fourth-order valence-electron chi connectivity index (χ4n) is 2.80. The second-order valence-corrected chi connectivity index (χ2v) is 7.77. The molecule has 1 fully saturated rings. The van der Waals surface area contributed by atoms with Crippen LogP contribution in [0, 0.1) is 5.92 Å². The number of carbonyl (C=O) groups excluding carboxylic acids is 1. The van der Waals surface area contributed by atoms with Gasteiger partial charge in [-0.3, -0.25) is 4.99 Å². The van der Waals surface area contributed by atoms with Gasteiger partial charge >= 0.3 is 6.09 Å². The first kappa shape index (κ1) is 14.8. The number of fused-ring (bicyclic) bond motifs is 1. The first-order chi connectivity index (χ1) is 9.92. The van der Waals surface area contributed by atoms with Gasteiger partial charge in [-0.1, -0.05) is 11.8 Å². The van der Waals surface area contributed by atoms with Crippen LogP contribution in [-0.2, 0) is 4.74 Å². The zero-order chi connectivity index (χ0) is 15.0.